The van der Waals surface area contributed by atoms with E-state index in [9.17, 15) is 8.42 Å². The summed E-state index contributed by atoms with van der Waals surface area (Å²) >= 11 is 5.53. The lowest BCUT2D eigenvalue weighted by atomic mass is 10.4. The van der Waals surface area contributed by atoms with Gasteiger partial charge in [-0.1, -0.05) is 0 Å². The molecule has 0 N–H and O–H groups in total. The third-order valence-electron chi connectivity index (χ3n) is 2.21. The maximum absolute atomic E-state index is 11.8. The summed E-state index contributed by atoms with van der Waals surface area (Å²) in [4.78, 5) is 7.98. The van der Waals surface area contributed by atoms with E-state index in [1.54, 1.807) is 20.8 Å². The van der Waals surface area contributed by atoms with E-state index in [1.165, 1.54) is 6.20 Å². The van der Waals surface area contributed by atoms with Crippen molar-refractivity contribution in [3.05, 3.63) is 17.6 Å². The number of aryl methyl sites for hydroxylation is 2. The molecular formula is C9H13ClN2O2S. The molecule has 0 amide bonds. The summed E-state index contributed by atoms with van der Waals surface area (Å²) in [6, 6.07) is 0. The van der Waals surface area contributed by atoms with Gasteiger partial charge in [0.25, 0.3) is 0 Å². The minimum absolute atomic E-state index is 0.00116. The first kappa shape index (κ1) is 12.4. The van der Waals surface area contributed by atoms with Crippen LogP contribution in [0.15, 0.2) is 11.2 Å². The van der Waals surface area contributed by atoms with Gasteiger partial charge in [0.1, 0.15) is 0 Å². The smallest absolute Gasteiger partial charge is 0.200 e. The van der Waals surface area contributed by atoms with Gasteiger partial charge in [-0.15, -0.1) is 11.6 Å². The van der Waals surface area contributed by atoms with Crippen molar-refractivity contribution in [1.29, 1.82) is 0 Å². The molecule has 0 radical (unpaired) electrons. The van der Waals surface area contributed by atoms with E-state index >= 15 is 0 Å². The quantitative estimate of drug-likeness (QED) is 0.761. The largest absolute Gasteiger partial charge is 0.257 e. The molecule has 0 bridgehead atoms. The summed E-state index contributed by atoms with van der Waals surface area (Å²) in [5.74, 6) is 0.0525. The summed E-state index contributed by atoms with van der Waals surface area (Å²) in [5.41, 5.74) is 1.35. The molecule has 4 nitrogen and oxygen atoms in total. The second-order valence-electron chi connectivity index (χ2n) is 3.39. The molecule has 0 spiro atoms. The van der Waals surface area contributed by atoms with Crippen LogP contribution in [0, 0.1) is 13.8 Å². The molecule has 15 heavy (non-hydrogen) atoms. The molecule has 0 saturated carbocycles. The Labute approximate surface area is 94.6 Å². The van der Waals surface area contributed by atoms with Gasteiger partial charge in [0.15, 0.2) is 5.03 Å². The SMILES string of the molecule is Cc1ncc(S(=O)(=O)C(C)CCl)nc1C. The van der Waals surface area contributed by atoms with Gasteiger partial charge >= 0.3 is 0 Å². The molecule has 1 aromatic heterocycles. The molecule has 0 aliphatic heterocycles. The molecule has 0 aromatic carbocycles. The van der Waals surface area contributed by atoms with Crippen LogP contribution in [-0.2, 0) is 9.84 Å². The fraction of sp³-hybridized carbons (Fsp3) is 0.556. The normalized spacial score (nSPS) is 13.9. The highest BCUT2D eigenvalue weighted by atomic mass is 35.5. The third kappa shape index (κ3) is 2.46. The van der Waals surface area contributed by atoms with Crippen LogP contribution in [0.4, 0.5) is 0 Å². The van der Waals surface area contributed by atoms with Crippen molar-refractivity contribution < 1.29 is 8.42 Å². The van der Waals surface area contributed by atoms with Crippen LogP contribution in [0.25, 0.3) is 0 Å². The zero-order valence-corrected chi connectivity index (χ0v) is 10.4. The maximum Gasteiger partial charge on any atom is 0.200 e. The highest BCUT2D eigenvalue weighted by Crippen LogP contribution is 2.15. The average molecular weight is 249 g/mol. The summed E-state index contributed by atoms with van der Waals surface area (Å²) in [5, 5.41) is -0.644. The van der Waals surface area contributed by atoms with E-state index in [2.05, 4.69) is 9.97 Å². The number of halogens is 1. The van der Waals surface area contributed by atoms with Gasteiger partial charge in [-0.05, 0) is 20.8 Å². The molecule has 1 unspecified atom stereocenters. The van der Waals surface area contributed by atoms with Crippen molar-refractivity contribution in [2.45, 2.75) is 31.0 Å². The van der Waals surface area contributed by atoms with E-state index in [-0.39, 0.29) is 10.9 Å². The molecule has 6 heteroatoms. The van der Waals surface area contributed by atoms with Crippen molar-refractivity contribution in [1.82, 2.24) is 9.97 Å². The van der Waals surface area contributed by atoms with Crippen LogP contribution in [0.3, 0.4) is 0 Å². The Bertz CT molecular complexity index is 459. The molecule has 84 valence electrons. The monoisotopic (exact) mass is 248 g/mol. The molecule has 1 aromatic rings. The van der Waals surface area contributed by atoms with Crippen LogP contribution < -0.4 is 0 Å². The van der Waals surface area contributed by atoms with Crippen molar-refractivity contribution in [2.24, 2.45) is 0 Å². The first-order valence-electron chi connectivity index (χ1n) is 4.49. The van der Waals surface area contributed by atoms with Crippen molar-refractivity contribution in [3.8, 4) is 0 Å². The number of sulfone groups is 1. The zero-order valence-electron chi connectivity index (χ0n) is 8.86. The highest BCUT2D eigenvalue weighted by molar-refractivity contribution is 7.92. The van der Waals surface area contributed by atoms with E-state index < -0.39 is 15.1 Å². The lowest BCUT2D eigenvalue weighted by Crippen LogP contribution is -2.21. The highest BCUT2D eigenvalue weighted by Gasteiger charge is 2.24. The molecule has 0 aliphatic rings. The Balaban J connectivity index is 3.23. The van der Waals surface area contributed by atoms with Gasteiger partial charge in [0.05, 0.1) is 22.8 Å². The Kier molecular flexibility index (Phi) is 3.67. The first-order valence-corrected chi connectivity index (χ1v) is 6.57. The number of rotatable bonds is 3. The number of alkyl halides is 1. The number of nitrogens with zero attached hydrogens (tertiary/aromatic N) is 2. The van der Waals surface area contributed by atoms with Gasteiger partial charge in [0, 0.05) is 5.88 Å². The summed E-state index contributed by atoms with van der Waals surface area (Å²) in [6.07, 6.45) is 1.28. The van der Waals surface area contributed by atoms with Crippen LogP contribution in [-0.4, -0.2) is 29.5 Å². The van der Waals surface area contributed by atoms with Crippen LogP contribution >= 0.6 is 11.6 Å². The molecule has 1 heterocycles. The van der Waals surface area contributed by atoms with Crippen molar-refractivity contribution in [2.75, 3.05) is 5.88 Å². The van der Waals surface area contributed by atoms with Gasteiger partial charge in [0.2, 0.25) is 9.84 Å². The molecule has 1 atom stereocenters. The zero-order chi connectivity index (χ0) is 11.6. The molecule has 1 rings (SSSR count). The van der Waals surface area contributed by atoms with E-state index in [1.807, 2.05) is 0 Å². The second-order valence-corrected chi connectivity index (χ2v) is 6.01. The van der Waals surface area contributed by atoms with Crippen molar-refractivity contribution in [3.63, 3.8) is 0 Å². The van der Waals surface area contributed by atoms with E-state index in [0.29, 0.717) is 5.69 Å². The van der Waals surface area contributed by atoms with Gasteiger partial charge < -0.3 is 0 Å². The fourth-order valence-electron chi connectivity index (χ4n) is 0.947. The van der Waals surface area contributed by atoms with Crippen molar-refractivity contribution >= 4 is 21.4 Å². The first-order chi connectivity index (χ1) is 6.89. The molecule has 0 aliphatic carbocycles. The Hall–Kier alpha value is -0.680. The van der Waals surface area contributed by atoms with E-state index in [0.717, 1.165) is 5.69 Å². The van der Waals surface area contributed by atoms with Crippen LogP contribution in [0.1, 0.15) is 18.3 Å². The third-order valence-corrected chi connectivity index (χ3v) is 4.86. The number of aromatic nitrogens is 2. The molecule has 0 fully saturated rings. The van der Waals surface area contributed by atoms with Crippen LogP contribution in [0.2, 0.25) is 0 Å². The minimum atomic E-state index is -3.43. The predicted octanol–water partition coefficient (Wildman–Crippen LogP) is 1.49. The summed E-state index contributed by atoms with van der Waals surface area (Å²) in [6.45, 7) is 5.07. The predicted molar refractivity (Wildman–Crippen MR) is 58.9 cm³/mol. The maximum atomic E-state index is 11.8. The van der Waals surface area contributed by atoms with Gasteiger partial charge in [-0.3, -0.25) is 4.98 Å². The molecular weight excluding hydrogens is 236 g/mol. The van der Waals surface area contributed by atoms with Gasteiger partial charge in [-0.25, -0.2) is 13.4 Å². The molecule has 0 saturated heterocycles. The Morgan fingerprint density at radius 2 is 2.00 bits per heavy atom. The Morgan fingerprint density at radius 1 is 1.40 bits per heavy atom. The lowest BCUT2D eigenvalue weighted by Gasteiger charge is -2.09. The lowest BCUT2D eigenvalue weighted by molar-refractivity contribution is 0.582. The van der Waals surface area contributed by atoms with Gasteiger partial charge in [-0.2, -0.15) is 0 Å². The summed E-state index contributed by atoms with van der Waals surface area (Å²) < 4.78 is 23.7. The standard InChI is InChI=1S/C9H13ClN2O2S/c1-6(4-10)15(13,14)9-5-11-7(2)8(3)12-9/h5-6H,4H2,1-3H3. The topological polar surface area (TPSA) is 59.9 Å². The fourth-order valence-corrected chi connectivity index (χ4v) is 2.49. The van der Waals surface area contributed by atoms with E-state index in [4.69, 9.17) is 11.6 Å². The Morgan fingerprint density at radius 3 is 2.47 bits per heavy atom. The average Bonchev–Trinajstić information content (AvgIpc) is 2.20. The summed E-state index contributed by atoms with van der Waals surface area (Å²) in [7, 11) is -3.43. The number of hydrogen-bond donors (Lipinski definition) is 0. The minimum Gasteiger partial charge on any atom is -0.257 e. The second kappa shape index (κ2) is 4.45. The number of hydrogen-bond acceptors (Lipinski definition) is 4. The van der Waals surface area contributed by atoms with Crippen LogP contribution in [0.5, 0.6) is 0 Å².